The van der Waals surface area contributed by atoms with Crippen LogP contribution < -0.4 is 5.73 Å². The number of nitrogens with two attached hydrogens (primary N) is 1. The number of ether oxygens (including phenoxy) is 1. The van der Waals surface area contributed by atoms with Crippen molar-refractivity contribution in [1.29, 1.82) is 0 Å². The summed E-state index contributed by atoms with van der Waals surface area (Å²) in [5, 5.41) is 0. The van der Waals surface area contributed by atoms with Gasteiger partial charge in [-0.05, 0) is 31.7 Å². The number of rotatable bonds is 2. The first-order valence-corrected chi connectivity index (χ1v) is 5.71. The monoisotopic (exact) mass is 205 g/mol. The molecule has 1 aliphatic rings. The van der Waals surface area contributed by atoms with E-state index in [0.717, 1.165) is 12.8 Å². The summed E-state index contributed by atoms with van der Waals surface area (Å²) in [7, 11) is 0. The Hall–Kier alpha value is -0.860. The van der Waals surface area contributed by atoms with Gasteiger partial charge in [0.1, 0.15) is 0 Å². The summed E-state index contributed by atoms with van der Waals surface area (Å²) >= 11 is 0. The van der Waals surface area contributed by atoms with Crippen LogP contribution in [0.3, 0.4) is 0 Å². The third kappa shape index (κ3) is 2.58. The molecule has 1 aromatic rings. The Morgan fingerprint density at radius 3 is 3.00 bits per heavy atom. The van der Waals surface area contributed by atoms with E-state index in [0.29, 0.717) is 6.54 Å². The van der Waals surface area contributed by atoms with Gasteiger partial charge in [-0.1, -0.05) is 29.8 Å². The molecule has 2 nitrogen and oxygen atoms in total. The summed E-state index contributed by atoms with van der Waals surface area (Å²) in [6.07, 6.45) is 3.97. The van der Waals surface area contributed by atoms with E-state index in [-0.39, 0.29) is 12.2 Å². The smallest absolute Gasteiger partial charge is 0.0829 e. The van der Waals surface area contributed by atoms with Crippen LogP contribution >= 0.6 is 0 Å². The van der Waals surface area contributed by atoms with Crippen molar-refractivity contribution in [1.82, 2.24) is 0 Å². The van der Waals surface area contributed by atoms with E-state index in [2.05, 4.69) is 31.2 Å². The maximum Gasteiger partial charge on any atom is 0.0829 e. The van der Waals surface area contributed by atoms with Gasteiger partial charge in [0.25, 0.3) is 0 Å². The lowest BCUT2D eigenvalue weighted by Crippen LogP contribution is -2.29. The minimum absolute atomic E-state index is 0.254. The van der Waals surface area contributed by atoms with E-state index >= 15 is 0 Å². The van der Waals surface area contributed by atoms with Crippen LogP contribution in [0.2, 0.25) is 0 Å². The van der Waals surface area contributed by atoms with Crippen LogP contribution in [0.25, 0.3) is 0 Å². The van der Waals surface area contributed by atoms with Crippen LogP contribution in [0.15, 0.2) is 24.3 Å². The van der Waals surface area contributed by atoms with Crippen LogP contribution in [-0.4, -0.2) is 12.6 Å². The van der Waals surface area contributed by atoms with E-state index in [1.807, 2.05) is 0 Å². The van der Waals surface area contributed by atoms with Crippen molar-refractivity contribution in [3.8, 4) is 0 Å². The maximum absolute atomic E-state index is 5.95. The Balaban J connectivity index is 2.09. The zero-order valence-corrected chi connectivity index (χ0v) is 9.28. The Kier molecular flexibility index (Phi) is 3.39. The first kappa shape index (κ1) is 10.7. The molecule has 0 saturated carbocycles. The first-order chi connectivity index (χ1) is 7.29. The summed E-state index contributed by atoms with van der Waals surface area (Å²) in [5.41, 5.74) is 8.24. The molecule has 82 valence electrons. The second-order valence-electron chi connectivity index (χ2n) is 4.33. The van der Waals surface area contributed by atoms with Gasteiger partial charge in [0, 0.05) is 6.54 Å². The molecular weight excluding hydrogens is 186 g/mol. The molecule has 0 amide bonds. The van der Waals surface area contributed by atoms with Gasteiger partial charge in [0.2, 0.25) is 0 Å². The van der Waals surface area contributed by atoms with E-state index < -0.39 is 0 Å². The Morgan fingerprint density at radius 2 is 2.27 bits per heavy atom. The molecule has 1 fully saturated rings. The highest BCUT2D eigenvalue weighted by Crippen LogP contribution is 2.30. The number of aryl methyl sites for hydroxylation is 1. The lowest BCUT2D eigenvalue weighted by atomic mass is 9.97. The van der Waals surface area contributed by atoms with E-state index in [1.54, 1.807) is 0 Å². The molecule has 2 unspecified atom stereocenters. The van der Waals surface area contributed by atoms with Crippen LogP contribution in [0.5, 0.6) is 0 Å². The Labute approximate surface area is 91.4 Å². The summed E-state index contributed by atoms with van der Waals surface area (Å²) in [4.78, 5) is 0. The Morgan fingerprint density at radius 1 is 1.40 bits per heavy atom. The molecule has 2 atom stereocenters. The van der Waals surface area contributed by atoms with E-state index in [1.165, 1.54) is 17.5 Å². The van der Waals surface area contributed by atoms with Crippen molar-refractivity contribution < 1.29 is 4.74 Å². The molecule has 2 N–H and O–H groups in total. The summed E-state index contributed by atoms with van der Waals surface area (Å²) in [6.45, 7) is 2.76. The quantitative estimate of drug-likeness (QED) is 0.805. The van der Waals surface area contributed by atoms with Gasteiger partial charge in [-0.2, -0.15) is 0 Å². The summed E-state index contributed by atoms with van der Waals surface area (Å²) in [6, 6.07) is 8.58. The lowest BCUT2D eigenvalue weighted by Gasteiger charge is -2.29. The second kappa shape index (κ2) is 4.77. The minimum Gasteiger partial charge on any atom is -0.369 e. The molecule has 0 bridgehead atoms. The van der Waals surface area contributed by atoms with Gasteiger partial charge < -0.3 is 10.5 Å². The predicted octanol–water partition coefficient (Wildman–Crippen LogP) is 2.56. The highest BCUT2D eigenvalue weighted by molar-refractivity contribution is 5.24. The maximum atomic E-state index is 5.95. The summed E-state index contributed by atoms with van der Waals surface area (Å²) in [5.74, 6) is 0. The van der Waals surface area contributed by atoms with Gasteiger partial charge in [0.15, 0.2) is 0 Å². The summed E-state index contributed by atoms with van der Waals surface area (Å²) < 4.78 is 5.95. The zero-order chi connectivity index (χ0) is 10.7. The van der Waals surface area contributed by atoms with Crippen LogP contribution in [0.1, 0.15) is 36.5 Å². The molecule has 1 aliphatic heterocycles. The lowest BCUT2D eigenvalue weighted by molar-refractivity contribution is -0.0462. The molecule has 0 aromatic heterocycles. The molecule has 1 saturated heterocycles. The van der Waals surface area contributed by atoms with Crippen LogP contribution in [0, 0.1) is 6.92 Å². The largest absolute Gasteiger partial charge is 0.369 e. The Bertz CT molecular complexity index is 324. The van der Waals surface area contributed by atoms with E-state index in [9.17, 15) is 0 Å². The molecule has 15 heavy (non-hydrogen) atoms. The van der Waals surface area contributed by atoms with Crippen molar-refractivity contribution in [2.45, 2.75) is 38.4 Å². The van der Waals surface area contributed by atoms with Crippen molar-refractivity contribution in [3.05, 3.63) is 35.4 Å². The number of hydrogen-bond acceptors (Lipinski definition) is 2. The van der Waals surface area contributed by atoms with Gasteiger partial charge in [-0.3, -0.25) is 0 Å². The van der Waals surface area contributed by atoms with Crippen molar-refractivity contribution >= 4 is 0 Å². The predicted molar refractivity (Wildman–Crippen MR) is 61.7 cm³/mol. The highest BCUT2D eigenvalue weighted by atomic mass is 16.5. The average Bonchev–Trinajstić information content (AvgIpc) is 2.29. The third-order valence-electron chi connectivity index (χ3n) is 3.03. The van der Waals surface area contributed by atoms with Crippen molar-refractivity contribution in [2.24, 2.45) is 5.73 Å². The number of benzene rings is 1. The average molecular weight is 205 g/mol. The highest BCUT2D eigenvalue weighted by Gasteiger charge is 2.22. The van der Waals surface area contributed by atoms with Gasteiger partial charge in [-0.25, -0.2) is 0 Å². The third-order valence-corrected chi connectivity index (χ3v) is 3.03. The molecule has 1 heterocycles. The van der Waals surface area contributed by atoms with E-state index in [4.69, 9.17) is 10.5 Å². The minimum atomic E-state index is 0.254. The molecule has 0 radical (unpaired) electrons. The van der Waals surface area contributed by atoms with Gasteiger partial charge in [0.05, 0.1) is 12.2 Å². The standard InChI is InChI=1S/C13H19NO/c1-10-4-2-5-11(8-10)13-7-3-6-12(9-14)15-13/h2,4-5,8,12-13H,3,6-7,9,14H2,1H3. The molecule has 2 heteroatoms. The topological polar surface area (TPSA) is 35.2 Å². The molecule has 0 aliphatic carbocycles. The van der Waals surface area contributed by atoms with Gasteiger partial charge >= 0.3 is 0 Å². The molecule has 0 spiro atoms. The van der Waals surface area contributed by atoms with Crippen LogP contribution in [0.4, 0.5) is 0 Å². The number of hydrogen-bond donors (Lipinski definition) is 1. The SMILES string of the molecule is Cc1cccc(C2CCCC(CN)O2)c1. The second-order valence-corrected chi connectivity index (χ2v) is 4.33. The van der Waals surface area contributed by atoms with Crippen molar-refractivity contribution in [2.75, 3.05) is 6.54 Å². The fourth-order valence-electron chi connectivity index (χ4n) is 2.19. The zero-order valence-electron chi connectivity index (χ0n) is 9.28. The fourth-order valence-corrected chi connectivity index (χ4v) is 2.19. The normalized spacial score (nSPS) is 26.5. The molecular formula is C13H19NO. The molecule has 1 aromatic carbocycles. The fraction of sp³-hybridized carbons (Fsp3) is 0.538. The van der Waals surface area contributed by atoms with Crippen LogP contribution in [-0.2, 0) is 4.74 Å². The van der Waals surface area contributed by atoms with Crippen molar-refractivity contribution in [3.63, 3.8) is 0 Å². The molecule has 2 rings (SSSR count). The van der Waals surface area contributed by atoms with Gasteiger partial charge in [-0.15, -0.1) is 0 Å². The first-order valence-electron chi connectivity index (χ1n) is 5.71.